The Morgan fingerprint density at radius 2 is 2.17 bits per heavy atom. The van der Waals surface area contributed by atoms with E-state index >= 15 is 0 Å². The number of hydrogen-bond donors (Lipinski definition) is 0. The lowest BCUT2D eigenvalue weighted by Gasteiger charge is -1.99. The Bertz CT molecular complexity index is 248. The van der Waals surface area contributed by atoms with Gasteiger partial charge < -0.3 is 4.74 Å². The highest BCUT2D eigenvalue weighted by Gasteiger charge is 2.02. The standard InChI is InChI=1S/C8H10N2O2/c1-2-12-8(11)3-7-4-9-6-10-5-7/h4-6H,2-3H2,1H3. The normalized spacial score (nSPS) is 9.42. The third-order valence-electron chi connectivity index (χ3n) is 1.27. The van der Waals surface area contributed by atoms with Gasteiger partial charge in [-0.25, -0.2) is 9.97 Å². The molecule has 0 aliphatic carbocycles. The molecule has 0 bridgehead atoms. The van der Waals surface area contributed by atoms with Gasteiger partial charge in [0.15, 0.2) is 0 Å². The van der Waals surface area contributed by atoms with E-state index in [0.717, 1.165) is 5.56 Å². The number of esters is 1. The maximum absolute atomic E-state index is 10.9. The van der Waals surface area contributed by atoms with Crippen molar-refractivity contribution in [3.8, 4) is 0 Å². The summed E-state index contributed by atoms with van der Waals surface area (Å²) in [6, 6.07) is 0. The molecule has 4 heteroatoms. The molecule has 12 heavy (non-hydrogen) atoms. The molecule has 0 saturated heterocycles. The van der Waals surface area contributed by atoms with E-state index in [4.69, 9.17) is 4.74 Å². The molecular formula is C8H10N2O2. The number of carbonyl (C=O) groups excluding carboxylic acids is 1. The molecule has 0 aliphatic heterocycles. The lowest BCUT2D eigenvalue weighted by atomic mass is 10.2. The molecule has 0 unspecified atom stereocenters. The van der Waals surface area contributed by atoms with Crippen LogP contribution in [0.2, 0.25) is 0 Å². The Labute approximate surface area is 70.6 Å². The second-order valence-electron chi connectivity index (χ2n) is 2.23. The Morgan fingerprint density at radius 3 is 2.75 bits per heavy atom. The first kappa shape index (κ1) is 8.64. The fourth-order valence-electron chi connectivity index (χ4n) is 0.800. The summed E-state index contributed by atoms with van der Waals surface area (Å²) in [5.41, 5.74) is 0.774. The molecule has 0 aromatic carbocycles. The van der Waals surface area contributed by atoms with Crippen molar-refractivity contribution in [3.63, 3.8) is 0 Å². The van der Waals surface area contributed by atoms with E-state index in [2.05, 4.69) is 9.97 Å². The van der Waals surface area contributed by atoms with Crippen LogP contribution in [0.1, 0.15) is 12.5 Å². The minimum Gasteiger partial charge on any atom is -0.466 e. The average molecular weight is 166 g/mol. The van der Waals surface area contributed by atoms with Crippen molar-refractivity contribution in [2.24, 2.45) is 0 Å². The minimum absolute atomic E-state index is 0.243. The summed E-state index contributed by atoms with van der Waals surface area (Å²) in [4.78, 5) is 18.5. The van der Waals surface area contributed by atoms with Crippen molar-refractivity contribution < 1.29 is 9.53 Å². The number of ether oxygens (including phenoxy) is 1. The lowest BCUT2D eigenvalue weighted by molar-refractivity contribution is -0.142. The first-order valence-corrected chi connectivity index (χ1v) is 3.72. The minimum atomic E-state index is -0.243. The second-order valence-corrected chi connectivity index (χ2v) is 2.23. The first-order chi connectivity index (χ1) is 5.83. The summed E-state index contributed by atoms with van der Waals surface area (Å²) in [6.45, 7) is 2.19. The zero-order valence-corrected chi connectivity index (χ0v) is 6.86. The van der Waals surface area contributed by atoms with Gasteiger partial charge >= 0.3 is 5.97 Å². The van der Waals surface area contributed by atoms with Gasteiger partial charge in [0.05, 0.1) is 13.0 Å². The third kappa shape index (κ3) is 2.65. The second kappa shape index (κ2) is 4.43. The van der Waals surface area contributed by atoms with Crippen LogP contribution >= 0.6 is 0 Å². The summed E-state index contributed by atoms with van der Waals surface area (Å²) in [6.07, 6.45) is 4.87. The van der Waals surface area contributed by atoms with Crippen molar-refractivity contribution in [2.45, 2.75) is 13.3 Å². The third-order valence-corrected chi connectivity index (χ3v) is 1.27. The van der Waals surface area contributed by atoms with Crippen molar-refractivity contribution in [1.82, 2.24) is 9.97 Å². The fourth-order valence-corrected chi connectivity index (χ4v) is 0.800. The average Bonchev–Trinajstić information content (AvgIpc) is 2.06. The van der Waals surface area contributed by atoms with Crippen LogP contribution in [0.5, 0.6) is 0 Å². The lowest BCUT2D eigenvalue weighted by Crippen LogP contribution is -2.07. The van der Waals surface area contributed by atoms with E-state index in [1.165, 1.54) is 6.33 Å². The Morgan fingerprint density at radius 1 is 1.50 bits per heavy atom. The summed E-state index contributed by atoms with van der Waals surface area (Å²) >= 11 is 0. The van der Waals surface area contributed by atoms with Gasteiger partial charge in [-0.05, 0) is 12.5 Å². The van der Waals surface area contributed by atoms with E-state index in [1.54, 1.807) is 19.3 Å². The van der Waals surface area contributed by atoms with Crippen LogP contribution < -0.4 is 0 Å². The molecule has 4 nitrogen and oxygen atoms in total. The SMILES string of the molecule is CCOC(=O)Cc1cncnc1. The summed E-state index contributed by atoms with van der Waals surface area (Å²) in [7, 11) is 0. The van der Waals surface area contributed by atoms with Crippen molar-refractivity contribution in [2.75, 3.05) is 6.61 Å². The number of aromatic nitrogens is 2. The van der Waals surface area contributed by atoms with E-state index in [0.29, 0.717) is 6.61 Å². The van der Waals surface area contributed by atoms with Crippen molar-refractivity contribution in [1.29, 1.82) is 0 Å². The van der Waals surface area contributed by atoms with Gasteiger partial charge in [-0.1, -0.05) is 0 Å². The number of rotatable bonds is 3. The largest absolute Gasteiger partial charge is 0.466 e. The Kier molecular flexibility index (Phi) is 3.19. The molecule has 1 rings (SSSR count). The highest BCUT2D eigenvalue weighted by atomic mass is 16.5. The summed E-state index contributed by atoms with van der Waals surface area (Å²) in [5.74, 6) is -0.243. The number of nitrogens with zero attached hydrogens (tertiary/aromatic N) is 2. The van der Waals surface area contributed by atoms with E-state index < -0.39 is 0 Å². The Hall–Kier alpha value is -1.45. The van der Waals surface area contributed by atoms with Gasteiger partial charge in [0, 0.05) is 12.4 Å². The van der Waals surface area contributed by atoms with Crippen LogP contribution in [0.3, 0.4) is 0 Å². The molecular weight excluding hydrogens is 156 g/mol. The highest BCUT2D eigenvalue weighted by molar-refractivity contribution is 5.72. The molecule has 0 saturated carbocycles. The quantitative estimate of drug-likeness (QED) is 0.616. The molecule has 0 spiro atoms. The fraction of sp³-hybridized carbons (Fsp3) is 0.375. The zero-order valence-electron chi connectivity index (χ0n) is 6.86. The molecule has 1 aromatic rings. The molecule has 0 radical (unpaired) electrons. The molecule has 0 N–H and O–H groups in total. The predicted molar refractivity (Wildman–Crippen MR) is 42.4 cm³/mol. The van der Waals surface area contributed by atoms with Crippen LogP contribution in [-0.2, 0) is 16.0 Å². The predicted octanol–water partition coefficient (Wildman–Crippen LogP) is 0.582. The van der Waals surface area contributed by atoms with Gasteiger partial charge in [-0.3, -0.25) is 4.79 Å². The molecule has 0 amide bonds. The summed E-state index contributed by atoms with van der Waals surface area (Å²) in [5, 5.41) is 0. The monoisotopic (exact) mass is 166 g/mol. The zero-order chi connectivity index (χ0) is 8.81. The number of carbonyl (C=O) groups is 1. The van der Waals surface area contributed by atoms with Crippen molar-refractivity contribution in [3.05, 3.63) is 24.3 Å². The van der Waals surface area contributed by atoms with E-state index in [1.807, 2.05) is 0 Å². The van der Waals surface area contributed by atoms with Gasteiger partial charge in [-0.15, -0.1) is 0 Å². The van der Waals surface area contributed by atoms with Gasteiger partial charge in [-0.2, -0.15) is 0 Å². The van der Waals surface area contributed by atoms with Crippen LogP contribution in [0.25, 0.3) is 0 Å². The maximum atomic E-state index is 10.9. The van der Waals surface area contributed by atoms with Crippen LogP contribution in [0.15, 0.2) is 18.7 Å². The van der Waals surface area contributed by atoms with Gasteiger partial charge in [0.2, 0.25) is 0 Å². The first-order valence-electron chi connectivity index (χ1n) is 3.72. The smallest absolute Gasteiger partial charge is 0.310 e. The molecule has 1 aromatic heterocycles. The van der Waals surface area contributed by atoms with Gasteiger partial charge in [0.25, 0.3) is 0 Å². The topological polar surface area (TPSA) is 52.1 Å². The Balaban J connectivity index is 2.47. The molecule has 1 heterocycles. The van der Waals surface area contributed by atoms with Crippen LogP contribution in [0.4, 0.5) is 0 Å². The molecule has 64 valence electrons. The van der Waals surface area contributed by atoms with E-state index in [9.17, 15) is 4.79 Å². The van der Waals surface area contributed by atoms with E-state index in [-0.39, 0.29) is 12.4 Å². The number of hydrogen-bond acceptors (Lipinski definition) is 4. The molecule has 0 atom stereocenters. The molecule has 0 fully saturated rings. The molecule has 0 aliphatic rings. The summed E-state index contributed by atoms with van der Waals surface area (Å²) < 4.78 is 4.75. The maximum Gasteiger partial charge on any atom is 0.310 e. The van der Waals surface area contributed by atoms with Gasteiger partial charge in [0.1, 0.15) is 6.33 Å². The van der Waals surface area contributed by atoms with Crippen molar-refractivity contribution >= 4 is 5.97 Å². The van der Waals surface area contributed by atoms with Crippen LogP contribution in [-0.4, -0.2) is 22.5 Å². The van der Waals surface area contributed by atoms with Crippen LogP contribution in [0, 0.1) is 0 Å². The highest BCUT2D eigenvalue weighted by Crippen LogP contribution is 1.95.